The van der Waals surface area contributed by atoms with Crippen molar-refractivity contribution in [1.29, 1.82) is 0 Å². The van der Waals surface area contributed by atoms with Crippen molar-refractivity contribution >= 4 is 52.1 Å². The molecule has 0 radical (unpaired) electrons. The summed E-state index contributed by atoms with van der Waals surface area (Å²) in [5.74, 6) is -1.95. The number of aryl methyl sites for hydroxylation is 3. The van der Waals surface area contributed by atoms with Crippen molar-refractivity contribution in [3.05, 3.63) is 272 Å². The number of nitrogens with zero attached hydrogens (tertiary/aromatic N) is 19. The molecule has 0 atom stereocenters. The Labute approximate surface area is 629 Å². The zero-order chi connectivity index (χ0) is 81.0. The first-order valence-electron chi connectivity index (χ1n) is 32.6. The lowest BCUT2D eigenvalue weighted by Gasteiger charge is -2.10. The molecule has 112 heavy (non-hydrogen) atoms. The molecule has 0 fully saturated rings. The van der Waals surface area contributed by atoms with E-state index in [1.54, 1.807) is 56.3 Å². The van der Waals surface area contributed by atoms with E-state index in [-0.39, 0.29) is 85.4 Å². The lowest BCUT2D eigenvalue weighted by atomic mass is 10.2. The monoisotopic (exact) mass is 1570 g/mol. The first-order valence-corrected chi connectivity index (χ1v) is 33.0. The standard InChI is InChI=1S/2C21H16F3N7O2.C13H9F3N6.C8H8ClNO2.C8H9NO3/c1-2-30-12-14(5-8-19(30)32)20(33)26-17-6-7-18(28-27-17)31-16(21(22,23)24)10-15(29-31)13-4-3-9-25-11-13;1-2-33-19-8-5-14(12-26-19)20(32)27-17-6-7-18(29-28-17)31-16(21(22,23)24)10-15(30-31)13-4-3-9-25-11-13;14-13(15,16)10-6-9(8-2-1-5-18-7-8)21-22(10)12-4-3-11(17)19-20-12;1-2-10-5-6(8(9)12)3-4-7(10)11;1-2-9-5-6(8(11)12)3-4-7(9)10/h3-12H,2H2,1H3,(H,26,27,33);3-12H,2H2,1H3,(H,27,28,32);1-7H,(H2,17,19);3-5H,2H2,1H3;3-5H,2H2,1H3,(H,11,12). The molecule has 0 saturated carbocycles. The van der Waals surface area contributed by atoms with Gasteiger partial charge in [-0.05, 0) is 155 Å². The number of amides is 2. The van der Waals surface area contributed by atoms with E-state index in [0.29, 0.717) is 68.4 Å². The Morgan fingerprint density at radius 2 is 0.821 bits per heavy atom. The van der Waals surface area contributed by atoms with Crippen molar-refractivity contribution in [3.63, 3.8) is 0 Å². The predicted molar refractivity (Wildman–Crippen MR) is 384 cm³/mol. The van der Waals surface area contributed by atoms with Crippen LogP contribution in [0.3, 0.4) is 0 Å². The number of halogens is 10. The molecule has 13 aromatic heterocycles. The molecule has 31 nitrogen and oxygen atoms in total. The molecule has 5 N–H and O–H groups in total. The lowest BCUT2D eigenvalue weighted by molar-refractivity contribution is -0.143. The number of carbonyl (C=O) groups excluding carboxylic acids is 3. The van der Waals surface area contributed by atoms with Gasteiger partial charge in [-0.1, -0.05) is 0 Å². The van der Waals surface area contributed by atoms with Crippen LogP contribution in [-0.4, -0.2) is 128 Å². The fraction of sp³-hybridized carbons (Fsp3) is 0.155. The molecular formula is C71H58ClF9N22O9. The van der Waals surface area contributed by atoms with Crippen molar-refractivity contribution in [1.82, 2.24) is 93.6 Å². The number of rotatable bonds is 17. The predicted octanol–water partition coefficient (Wildman–Crippen LogP) is 11.1. The Hall–Kier alpha value is -14.3. The normalized spacial score (nSPS) is 11.1. The van der Waals surface area contributed by atoms with E-state index >= 15 is 0 Å². The van der Waals surface area contributed by atoms with Crippen LogP contribution < -0.4 is 37.8 Å². The van der Waals surface area contributed by atoms with Gasteiger partial charge >= 0.3 is 24.5 Å². The van der Waals surface area contributed by atoms with Crippen molar-refractivity contribution in [2.75, 3.05) is 23.0 Å². The molecule has 0 bridgehead atoms. The van der Waals surface area contributed by atoms with Crippen molar-refractivity contribution in [2.24, 2.45) is 0 Å². The summed E-state index contributed by atoms with van der Waals surface area (Å²) in [5.41, 5.74) is 4.36. The summed E-state index contributed by atoms with van der Waals surface area (Å²) in [6.07, 6.45) is 0.351. The first-order chi connectivity index (χ1) is 53.3. The van der Waals surface area contributed by atoms with E-state index in [0.717, 1.165) is 18.2 Å². The number of aromatic carboxylic acids is 1. The second-order valence-corrected chi connectivity index (χ2v) is 22.8. The summed E-state index contributed by atoms with van der Waals surface area (Å²) in [6, 6.07) is 31.2. The summed E-state index contributed by atoms with van der Waals surface area (Å²) in [7, 11) is 0. The van der Waals surface area contributed by atoms with Crippen LogP contribution in [0.4, 0.5) is 57.0 Å². The van der Waals surface area contributed by atoms with Gasteiger partial charge in [-0.25, -0.2) is 23.8 Å². The second kappa shape index (κ2) is 36.5. The molecule has 13 aromatic rings. The third-order valence-electron chi connectivity index (χ3n) is 15.0. The highest BCUT2D eigenvalue weighted by Crippen LogP contribution is 2.37. The number of nitrogens with two attached hydrogens (primary N) is 1. The van der Waals surface area contributed by atoms with E-state index in [9.17, 15) is 73.1 Å². The van der Waals surface area contributed by atoms with E-state index in [1.807, 2.05) is 13.8 Å². The van der Waals surface area contributed by atoms with Crippen LogP contribution in [-0.2, 0) is 38.2 Å². The smallest absolute Gasteiger partial charge is 0.433 e. The average Bonchev–Trinajstić information content (AvgIpc) is 1.66. The van der Waals surface area contributed by atoms with Gasteiger partial charge in [0.05, 0.1) is 45.9 Å². The van der Waals surface area contributed by atoms with Gasteiger partial charge in [0, 0.05) is 123 Å². The summed E-state index contributed by atoms with van der Waals surface area (Å²) in [6.45, 7) is 9.04. The van der Waals surface area contributed by atoms with Gasteiger partial charge < -0.3 is 39.9 Å². The van der Waals surface area contributed by atoms with Gasteiger partial charge in [0.15, 0.2) is 46.2 Å². The molecule has 2 amide bonds. The SMILES string of the molecule is CCOc1ccc(C(=O)Nc2ccc(-n3nc(-c4cccnc4)cc3C(F)(F)F)nn2)cn1.CCn1cc(C(=O)Cl)ccc1=O.CCn1cc(C(=O)Nc2ccc(-n3nc(-c4cccnc4)cc3C(F)(F)F)nn2)ccc1=O.CCn1cc(C(=O)O)ccc1=O.Nc1ccc(-n2nc(-c3cccnc3)cc2C(F)(F)F)nn1. The minimum Gasteiger partial charge on any atom is -0.478 e. The Bertz CT molecular complexity index is 5530. The fourth-order valence-electron chi connectivity index (χ4n) is 9.53. The molecule has 576 valence electrons. The number of hydrogen-bond acceptors (Lipinski definition) is 22. The Morgan fingerprint density at radius 1 is 0.455 bits per heavy atom. The number of carboxylic acid groups (broad SMARTS) is 1. The number of aromatic nitrogens is 19. The third-order valence-corrected chi connectivity index (χ3v) is 15.2. The second-order valence-electron chi connectivity index (χ2n) is 22.5. The minimum atomic E-state index is -4.69. The molecule has 41 heteroatoms. The third kappa shape index (κ3) is 21.5. The highest BCUT2D eigenvalue weighted by Gasteiger charge is 2.39. The van der Waals surface area contributed by atoms with Gasteiger partial charge in [-0.3, -0.25) is 43.7 Å². The van der Waals surface area contributed by atoms with Gasteiger partial charge in [-0.15, -0.1) is 30.6 Å². The van der Waals surface area contributed by atoms with Crippen LogP contribution in [0.5, 0.6) is 5.88 Å². The Kier molecular flexibility index (Phi) is 26.6. The number of nitrogen functional groups attached to an aromatic ring is 1. The van der Waals surface area contributed by atoms with Gasteiger partial charge in [0.2, 0.25) is 5.88 Å². The van der Waals surface area contributed by atoms with E-state index < -0.39 is 58.6 Å². The van der Waals surface area contributed by atoms with Crippen LogP contribution in [0.15, 0.2) is 216 Å². The number of carbonyl (C=O) groups is 4. The number of ether oxygens (including phenoxy) is 1. The maximum Gasteiger partial charge on any atom is 0.433 e. The number of nitrogens with one attached hydrogen (secondary N) is 2. The minimum absolute atomic E-state index is 0.0196. The molecule has 0 saturated heterocycles. The molecule has 0 aliphatic heterocycles. The Morgan fingerprint density at radius 3 is 1.14 bits per heavy atom. The number of hydrogen-bond donors (Lipinski definition) is 4. The van der Waals surface area contributed by atoms with Crippen LogP contribution in [0.1, 0.15) is 86.2 Å². The van der Waals surface area contributed by atoms with Gasteiger partial charge in [-0.2, -0.15) is 54.8 Å². The number of alkyl halides is 9. The molecule has 0 spiro atoms. The van der Waals surface area contributed by atoms with Crippen LogP contribution in [0, 0.1) is 0 Å². The van der Waals surface area contributed by atoms with Crippen LogP contribution in [0.25, 0.3) is 51.2 Å². The first kappa shape index (κ1) is 81.7. The molecule has 13 rings (SSSR count). The zero-order valence-electron chi connectivity index (χ0n) is 58.4. The number of carboxylic acids is 1. The summed E-state index contributed by atoms with van der Waals surface area (Å²) in [5, 5.41) is 47.4. The average molecular weight is 1570 g/mol. The zero-order valence-corrected chi connectivity index (χ0v) is 59.2. The Balaban J connectivity index is 0.000000170. The molecular weight excluding hydrogens is 1510 g/mol. The van der Waals surface area contributed by atoms with E-state index in [1.165, 1.54) is 155 Å². The highest BCUT2D eigenvalue weighted by molar-refractivity contribution is 6.67. The highest BCUT2D eigenvalue weighted by atomic mass is 35.5. The quantitative estimate of drug-likeness (QED) is 0.0486. The maximum absolute atomic E-state index is 13.6. The largest absolute Gasteiger partial charge is 0.478 e. The van der Waals surface area contributed by atoms with Gasteiger partial charge in [0.25, 0.3) is 33.7 Å². The van der Waals surface area contributed by atoms with Crippen molar-refractivity contribution in [2.45, 2.75) is 65.9 Å². The molecule has 0 aromatic carbocycles. The summed E-state index contributed by atoms with van der Waals surface area (Å²) >= 11 is 5.23. The molecule has 13 heterocycles. The molecule has 0 unspecified atom stereocenters. The lowest BCUT2D eigenvalue weighted by Crippen LogP contribution is -2.21. The number of pyridine rings is 7. The fourth-order valence-corrected chi connectivity index (χ4v) is 9.65. The topological polar surface area (TPSA) is 396 Å². The van der Waals surface area contributed by atoms with Crippen molar-refractivity contribution < 1.29 is 68.5 Å². The van der Waals surface area contributed by atoms with Gasteiger partial charge in [0.1, 0.15) is 5.82 Å². The van der Waals surface area contributed by atoms with Crippen molar-refractivity contribution in [3.8, 4) is 57.1 Å². The summed E-state index contributed by atoms with van der Waals surface area (Å²) < 4.78 is 132. The van der Waals surface area contributed by atoms with E-state index in [2.05, 4.69) is 76.5 Å². The molecule has 0 aliphatic carbocycles. The maximum atomic E-state index is 13.6. The van der Waals surface area contributed by atoms with Crippen LogP contribution in [0.2, 0.25) is 0 Å². The van der Waals surface area contributed by atoms with E-state index in [4.69, 9.17) is 27.2 Å². The van der Waals surface area contributed by atoms with Crippen LogP contribution >= 0.6 is 11.6 Å². The summed E-state index contributed by atoms with van der Waals surface area (Å²) in [4.78, 5) is 95.3. The number of anilines is 3. The molecule has 0 aliphatic rings.